The molecule has 1 aromatic heterocycles. The van der Waals surface area contributed by atoms with Crippen LogP contribution in [0.15, 0.2) is 30.6 Å². The molecule has 1 aliphatic rings. The van der Waals surface area contributed by atoms with Crippen LogP contribution in [0.5, 0.6) is 11.5 Å². The van der Waals surface area contributed by atoms with Gasteiger partial charge in [-0.2, -0.15) is 0 Å². The lowest BCUT2D eigenvalue weighted by Crippen LogP contribution is -1.95. The van der Waals surface area contributed by atoms with Crippen molar-refractivity contribution >= 4 is 5.82 Å². The summed E-state index contributed by atoms with van der Waals surface area (Å²) in [5, 5.41) is 2.96. The number of aromatic nitrogens is 2. The molecule has 5 nitrogen and oxygen atoms in total. The van der Waals surface area contributed by atoms with Gasteiger partial charge in [0, 0.05) is 12.6 Å². The average Bonchev–Trinajstić information content (AvgIpc) is 2.86. The van der Waals surface area contributed by atoms with Crippen molar-refractivity contribution in [2.24, 2.45) is 0 Å². The topological polar surface area (TPSA) is 56.3 Å². The van der Waals surface area contributed by atoms with Crippen molar-refractivity contribution in [3.8, 4) is 22.8 Å². The lowest BCUT2D eigenvalue weighted by atomic mass is 10.1. The second kappa shape index (κ2) is 3.93. The van der Waals surface area contributed by atoms with Gasteiger partial charge < -0.3 is 14.8 Å². The van der Waals surface area contributed by atoms with Gasteiger partial charge >= 0.3 is 0 Å². The number of anilines is 1. The molecule has 0 unspecified atom stereocenters. The quantitative estimate of drug-likeness (QED) is 0.852. The standard InChI is InChI=1S/C12H11N3O2/c1-13-12-6-14-5-9(15-12)8-2-3-10-11(4-8)17-7-16-10/h2-6H,7H2,1H3,(H,13,15). The predicted octanol–water partition coefficient (Wildman–Crippen LogP) is 1.91. The van der Waals surface area contributed by atoms with Gasteiger partial charge in [0.1, 0.15) is 5.82 Å². The van der Waals surface area contributed by atoms with Crippen LogP contribution in [0.25, 0.3) is 11.3 Å². The van der Waals surface area contributed by atoms with Crippen LogP contribution < -0.4 is 14.8 Å². The van der Waals surface area contributed by atoms with E-state index >= 15 is 0 Å². The number of ether oxygens (including phenoxy) is 2. The second-order valence-corrected chi connectivity index (χ2v) is 3.61. The van der Waals surface area contributed by atoms with Gasteiger partial charge in [0.05, 0.1) is 18.1 Å². The van der Waals surface area contributed by atoms with E-state index in [2.05, 4.69) is 15.3 Å². The average molecular weight is 229 g/mol. The molecule has 0 saturated heterocycles. The predicted molar refractivity (Wildman–Crippen MR) is 63.1 cm³/mol. The zero-order valence-corrected chi connectivity index (χ0v) is 9.30. The molecule has 2 heterocycles. The smallest absolute Gasteiger partial charge is 0.231 e. The Morgan fingerprint density at radius 3 is 2.94 bits per heavy atom. The summed E-state index contributed by atoms with van der Waals surface area (Å²) in [6, 6.07) is 5.73. The van der Waals surface area contributed by atoms with Gasteiger partial charge in [-0.25, -0.2) is 4.98 Å². The normalized spacial score (nSPS) is 12.5. The monoisotopic (exact) mass is 229 g/mol. The molecule has 1 aliphatic heterocycles. The molecule has 0 aliphatic carbocycles. The van der Waals surface area contributed by atoms with Crippen LogP contribution in [0.4, 0.5) is 5.82 Å². The molecule has 0 spiro atoms. The Balaban J connectivity index is 2.03. The van der Waals surface area contributed by atoms with E-state index in [1.165, 1.54) is 0 Å². The number of benzene rings is 1. The van der Waals surface area contributed by atoms with Crippen LogP contribution in [-0.4, -0.2) is 23.8 Å². The highest BCUT2D eigenvalue weighted by Crippen LogP contribution is 2.35. The molecule has 0 radical (unpaired) electrons. The van der Waals surface area contributed by atoms with Crippen molar-refractivity contribution in [2.75, 3.05) is 19.2 Å². The largest absolute Gasteiger partial charge is 0.454 e. The van der Waals surface area contributed by atoms with Gasteiger partial charge in [-0.15, -0.1) is 0 Å². The van der Waals surface area contributed by atoms with Crippen LogP contribution in [0.2, 0.25) is 0 Å². The summed E-state index contributed by atoms with van der Waals surface area (Å²) < 4.78 is 10.6. The van der Waals surface area contributed by atoms with E-state index in [4.69, 9.17) is 9.47 Å². The number of fused-ring (bicyclic) bond motifs is 1. The molecule has 0 fully saturated rings. The zero-order chi connectivity index (χ0) is 11.7. The third-order valence-corrected chi connectivity index (χ3v) is 2.56. The first-order valence-corrected chi connectivity index (χ1v) is 5.26. The van der Waals surface area contributed by atoms with Crippen LogP contribution in [0.1, 0.15) is 0 Å². The molecule has 0 amide bonds. The fourth-order valence-corrected chi connectivity index (χ4v) is 1.68. The summed E-state index contributed by atoms with van der Waals surface area (Å²) in [6.45, 7) is 0.279. The van der Waals surface area contributed by atoms with E-state index in [0.29, 0.717) is 0 Å². The Morgan fingerprint density at radius 1 is 1.18 bits per heavy atom. The van der Waals surface area contributed by atoms with E-state index in [1.807, 2.05) is 25.2 Å². The van der Waals surface area contributed by atoms with Gasteiger partial charge in [-0.3, -0.25) is 4.98 Å². The molecule has 17 heavy (non-hydrogen) atoms. The van der Waals surface area contributed by atoms with Crippen molar-refractivity contribution in [3.05, 3.63) is 30.6 Å². The van der Waals surface area contributed by atoms with Crippen molar-refractivity contribution in [1.29, 1.82) is 0 Å². The minimum Gasteiger partial charge on any atom is -0.454 e. The number of hydrogen-bond donors (Lipinski definition) is 1. The Hall–Kier alpha value is -2.30. The Kier molecular flexibility index (Phi) is 2.29. The molecule has 3 rings (SSSR count). The lowest BCUT2D eigenvalue weighted by Gasteiger charge is -2.04. The molecular formula is C12H11N3O2. The molecule has 1 N–H and O–H groups in total. The van der Waals surface area contributed by atoms with Crippen LogP contribution in [0.3, 0.4) is 0 Å². The van der Waals surface area contributed by atoms with Crippen molar-refractivity contribution in [2.45, 2.75) is 0 Å². The maximum atomic E-state index is 5.33. The number of hydrogen-bond acceptors (Lipinski definition) is 5. The van der Waals surface area contributed by atoms with Gasteiger partial charge in [0.15, 0.2) is 11.5 Å². The van der Waals surface area contributed by atoms with E-state index in [-0.39, 0.29) is 6.79 Å². The Bertz CT molecular complexity index is 557. The maximum absolute atomic E-state index is 5.33. The first-order chi connectivity index (χ1) is 8.36. The molecule has 86 valence electrons. The summed E-state index contributed by atoms with van der Waals surface area (Å²) in [5.41, 5.74) is 1.76. The molecule has 2 aromatic rings. The van der Waals surface area contributed by atoms with E-state index in [0.717, 1.165) is 28.6 Å². The number of rotatable bonds is 2. The second-order valence-electron chi connectivity index (χ2n) is 3.61. The summed E-state index contributed by atoms with van der Waals surface area (Å²) in [6.07, 6.45) is 3.40. The van der Waals surface area contributed by atoms with E-state index in [1.54, 1.807) is 12.4 Å². The number of nitrogens with zero attached hydrogens (tertiary/aromatic N) is 2. The molecule has 0 saturated carbocycles. The van der Waals surface area contributed by atoms with Crippen molar-refractivity contribution in [1.82, 2.24) is 9.97 Å². The molecule has 0 atom stereocenters. The first kappa shape index (κ1) is 9.89. The summed E-state index contributed by atoms with van der Waals surface area (Å²) >= 11 is 0. The van der Waals surface area contributed by atoms with Crippen LogP contribution in [0, 0.1) is 0 Å². The molecule has 5 heteroatoms. The highest BCUT2D eigenvalue weighted by molar-refractivity contribution is 5.64. The fraction of sp³-hybridized carbons (Fsp3) is 0.167. The lowest BCUT2D eigenvalue weighted by molar-refractivity contribution is 0.174. The Labute approximate surface area is 98.4 Å². The first-order valence-electron chi connectivity index (χ1n) is 5.26. The zero-order valence-electron chi connectivity index (χ0n) is 9.30. The third-order valence-electron chi connectivity index (χ3n) is 2.56. The van der Waals surface area contributed by atoms with Gasteiger partial charge in [0.25, 0.3) is 0 Å². The Morgan fingerprint density at radius 2 is 2.06 bits per heavy atom. The van der Waals surface area contributed by atoms with Gasteiger partial charge in [-0.05, 0) is 18.2 Å². The van der Waals surface area contributed by atoms with Crippen LogP contribution >= 0.6 is 0 Å². The highest BCUT2D eigenvalue weighted by atomic mass is 16.7. The van der Waals surface area contributed by atoms with Gasteiger partial charge in [0.2, 0.25) is 6.79 Å². The van der Waals surface area contributed by atoms with E-state index in [9.17, 15) is 0 Å². The number of nitrogens with one attached hydrogen (secondary N) is 1. The summed E-state index contributed by atoms with van der Waals surface area (Å²) in [7, 11) is 1.81. The third kappa shape index (κ3) is 1.75. The van der Waals surface area contributed by atoms with Crippen molar-refractivity contribution in [3.63, 3.8) is 0 Å². The van der Waals surface area contributed by atoms with Gasteiger partial charge in [-0.1, -0.05) is 0 Å². The highest BCUT2D eigenvalue weighted by Gasteiger charge is 2.14. The van der Waals surface area contributed by atoms with Crippen LogP contribution in [-0.2, 0) is 0 Å². The fourth-order valence-electron chi connectivity index (χ4n) is 1.68. The van der Waals surface area contributed by atoms with Crippen molar-refractivity contribution < 1.29 is 9.47 Å². The maximum Gasteiger partial charge on any atom is 0.231 e. The minimum absolute atomic E-state index is 0.279. The molecular weight excluding hydrogens is 218 g/mol. The summed E-state index contributed by atoms with van der Waals surface area (Å²) in [4.78, 5) is 8.55. The molecule has 1 aromatic carbocycles. The SMILES string of the molecule is CNc1cncc(-c2ccc3c(c2)OCO3)n1. The molecule has 0 bridgehead atoms. The summed E-state index contributed by atoms with van der Waals surface area (Å²) in [5.74, 6) is 2.26. The van der Waals surface area contributed by atoms with E-state index < -0.39 is 0 Å². The minimum atomic E-state index is 0.279.